The van der Waals surface area contributed by atoms with E-state index >= 15 is 0 Å². The highest BCUT2D eigenvalue weighted by molar-refractivity contribution is 8.05. The molecule has 0 bridgehead atoms. The summed E-state index contributed by atoms with van der Waals surface area (Å²) in [6.07, 6.45) is 5.00. The van der Waals surface area contributed by atoms with Gasteiger partial charge in [-0.1, -0.05) is 27.7 Å². The number of hydrogen-bond acceptors (Lipinski definition) is 3. The van der Waals surface area contributed by atoms with Crippen LogP contribution in [0, 0.1) is 6.92 Å². The van der Waals surface area contributed by atoms with E-state index in [9.17, 15) is 0 Å². The summed E-state index contributed by atoms with van der Waals surface area (Å²) >= 11 is 6.43. The first kappa shape index (κ1) is 18.0. The predicted octanol–water partition coefficient (Wildman–Crippen LogP) is 5.38. The van der Waals surface area contributed by atoms with Crippen LogP contribution >= 0.6 is 35.3 Å². The van der Waals surface area contributed by atoms with Gasteiger partial charge in [0, 0.05) is 22.0 Å². The molecule has 2 unspecified atom stereocenters. The van der Waals surface area contributed by atoms with Crippen LogP contribution in [0.4, 0.5) is 0 Å². The quantitative estimate of drug-likeness (QED) is 0.444. The minimum absolute atomic E-state index is 0.846. The van der Waals surface area contributed by atoms with Crippen LogP contribution in [0.2, 0.25) is 0 Å². The maximum absolute atomic E-state index is 3.90. The van der Waals surface area contributed by atoms with Crippen LogP contribution in [-0.4, -0.2) is 33.5 Å². The monoisotopic (exact) mass is 293 g/mol. The molecule has 0 nitrogen and oxygen atoms in total. The zero-order valence-corrected chi connectivity index (χ0v) is 14.2. The molecule has 0 aromatic carbocycles. The molecule has 0 spiro atoms. The first-order chi connectivity index (χ1) is 8.28. The maximum atomic E-state index is 3.90. The minimum atomic E-state index is 0.846. The molecule has 0 aromatic heterocycles. The van der Waals surface area contributed by atoms with Gasteiger partial charge in [0.1, 0.15) is 0 Å². The van der Waals surface area contributed by atoms with Gasteiger partial charge in [0.15, 0.2) is 0 Å². The number of rotatable bonds is 12. The van der Waals surface area contributed by atoms with Crippen LogP contribution in [0.15, 0.2) is 0 Å². The van der Waals surface area contributed by atoms with Crippen molar-refractivity contribution in [3.05, 3.63) is 6.92 Å². The fourth-order valence-corrected chi connectivity index (χ4v) is 5.41. The van der Waals surface area contributed by atoms with Gasteiger partial charge in [0.05, 0.1) is 0 Å². The van der Waals surface area contributed by atoms with Crippen molar-refractivity contribution < 1.29 is 0 Å². The zero-order chi connectivity index (χ0) is 12.9. The van der Waals surface area contributed by atoms with Crippen LogP contribution in [0.5, 0.6) is 0 Å². The Balaban J connectivity index is 3.77. The summed E-state index contributed by atoms with van der Waals surface area (Å²) in [5.74, 6) is 5.19. The second-order valence-corrected chi connectivity index (χ2v) is 8.11. The lowest BCUT2D eigenvalue weighted by atomic mass is 10.4. The molecule has 0 N–H and O–H groups in total. The largest absolute Gasteiger partial charge is 0.161 e. The summed E-state index contributed by atoms with van der Waals surface area (Å²) < 4.78 is 0. The molecular formula is C14H29S3. The Morgan fingerprint density at radius 2 is 1.41 bits per heavy atom. The summed E-state index contributed by atoms with van der Waals surface area (Å²) in [6.45, 7) is 10.8. The molecule has 0 rings (SSSR count). The van der Waals surface area contributed by atoms with E-state index in [1.54, 1.807) is 0 Å². The molecule has 0 fully saturated rings. The molecule has 3 heteroatoms. The van der Waals surface area contributed by atoms with Crippen molar-refractivity contribution in [2.45, 2.75) is 57.0 Å². The van der Waals surface area contributed by atoms with E-state index in [0.717, 1.165) is 16.9 Å². The Labute approximate surface area is 122 Å². The van der Waals surface area contributed by atoms with Crippen LogP contribution in [-0.2, 0) is 0 Å². The van der Waals surface area contributed by atoms with E-state index in [1.807, 2.05) is 0 Å². The van der Waals surface area contributed by atoms with Crippen LogP contribution < -0.4 is 0 Å². The summed E-state index contributed by atoms with van der Waals surface area (Å²) in [4.78, 5) is 0. The lowest BCUT2D eigenvalue weighted by Gasteiger charge is -2.21. The third-order valence-corrected chi connectivity index (χ3v) is 7.28. The van der Waals surface area contributed by atoms with Gasteiger partial charge in [0.25, 0.3) is 0 Å². The average Bonchev–Trinajstić information content (AvgIpc) is 2.36. The molecule has 0 aromatic rings. The number of hydrogen-bond donors (Lipinski definition) is 0. The van der Waals surface area contributed by atoms with Crippen molar-refractivity contribution in [2.75, 3.05) is 23.0 Å². The van der Waals surface area contributed by atoms with E-state index in [1.165, 1.54) is 42.3 Å². The van der Waals surface area contributed by atoms with Crippen molar-refractivity contribution in [3.8, 4) is 0 Å². The van der Waals surface area contributed by atoms with Gasteiger partial charge in [0.2, 0.25) is 0 Å². The summed E-state index contributed by atoms with van der Waals surface area (Å²) in [6, 6.07) is 0. The fourth-order valence-electron chi connectivity index (χ4n) is 1.45. The standard InChI is InChI=1S/C14H29S3/c1-5-9-15-11-13(7-3)17-14(8-4)12-16-10-6-2/h13-14H,1,5-12H2,2-4H3. The van der Waals surface area contributed by atoms with Gasteiger partial charge < -0.3 is 0 Å². The van der Waals surface area contributed by atoms with Crippen LogP contribution in [0.3, 0.4) is 0 Å². The highest BCUT2D eigenvalue weighted by Gasteiger charge is 2.14. The average molecular weight is 294 g/mol. The SMILES string of the molecule is [CH2]CCSCC(CC)SC(CC)CSCCC. The van der Waals surface area contributed by atoms with Crippen molar-refractivity contribution in [2.24, 2.45) is 0 Å². The summed E-state index contributed by atoms with van der Waals surface area (Å²) in [5.41, 5.74) is 0. The first-order valence-electron chi connectivity index (χ1n) is 6.88. The second-order valence-electron chi connectivity index (χ2n) is 4.20. The molecule has 103 valence electrons. The van der Waals surface area contributed by atoms with Gasteiger partial charge >= 0.3 is 0 Å². The van der Waals surface area contributed by atoms with Crippen molar-refractivity contribution >= 4 is 35.3 Å². The third kappa shape index (κ3) is 10.6. The minimum Gasteiger partial charge on any atom is -0.161 e. The molecule has 1 radical (unpaired) electrons. The Hall–Kier alpha value is 1.05. The van der Waals surface area contributed by atoms with Gasteiger partial charge in [-0.2, -0.15) is 35.3 Å². The third-order valence-electron chi connectivity index (χ3n) is 2.54. The molecule has 0 amide bonds. The Bertz CT molecular complexity index is 134. The van der Waals surface area contributed by atoms with Crippen molar-refractivity contribution in [3.63, 3.8) is 0 Å². The van der Waals surface area contributed by atoms with E-state index in [2.05, 4.69) is 63.0 Å². The molecule has 0 saturated carbocycles. The topological polar surface area (TPSA) is 0 Å². The van der Waals surface area contributed by atoms with Gasteiger partial charge in [-0.3, -0.25) is 0 Å². The smallest absolute Gasteiger partial charge is 0.0138 e. The van der Waals surface area contributed by atoms with Crippen molar-refractivity contribution in [1.82, 2.24) is 0 Å². The molecule has 0 aliphatic carbocycles. The molecule has 0 heterocycles. The Morgan fingerprint density at radius 3 is 1.82 bits per heavy atom. The molecule has 0 saturated heterocycles. The maximum Gasteiger partial charge on any atom is 0.0138 e. The molecule has 2 atom stereocenters. The van der Waals surface area contributed by atoms with Gasteiger partial charge in [-0.25, -0.2) is 0 Å². The van der Waals surface area contributed by atoms with Crippen LogP contribution in [0.25, 0.3) is 0 Å². The number of thioether (sulfide) groups is 3. The molecular weight excluding hydrogens is 264 g/mol. The van der Waals surface area contributed by atoms with Crippen molar-refractivity contribution in [1.29, 1.82) is 0 Å². The first-order valence-corrected chi connectivity index (χ1v) is 10.1. The van der Waals surface area contributed by atoms with Crippen LogP contribution in [0.1, 0.15) is 46.5 Å². The summed E-state index contributed by atoms with van der Waals surface area (Å²) in [5, 5.41) is 1.70. The molecule has 0 aliphatic rings. The normalized spacial score (nSPS) is 14.8. The molecule has 17 heavy (non-hydrogen) atoms. The van der Waals surface area contributed by atoms with Gasteiger partial charge in [-0.15, -0.1) is 0 Å². The highest BCUT2D eigenvalue weighted by atomic mass is 32.2. The van der Waals surface area contributed by atoms with Gasteiger partial charge in [-0.05, 0) is 37.2 Å². The zero-order valence-electron chi connectivity index (χ0n) is 11.7. The van der Waals surface area contributed by atoms with E-state index < -0.39 is 0 Å². The lowest BCUT2D eigenvalue weighted by Crippen LogP contribution is -2.14. The van der Waals surface area contributed by atoms with E-state index in [4.69, 9.17) is 0 Å². The Kier molecular flexibility index (Phi) is 14.3. The fraction of sp³-hybridized carbons (Fsp3) is 0.929. The van der Waals surface area contributed by atoms with E-state index in [0.29, 0.717) is 0 Å². The van der Waals surface area contributed by atoms with E-state index in [-0.39, 0.29) is 0 Å². The second kappa shape index (κ2) is 13.5. The predicted molar refractivity (Wildman–Crippen MR) is 90.7 cm³/mol. The lowest BCUT2D eigenvalue weighted by molar-refractivity contribution is 0.870. The molecule has 0 aliphatic heterocycles. The highest BCUT2D eigenvalue weighted by Crippen LogP contribution is 2.28. The summed E-state index contributed by atoms with van der Waals surface area (Å²) in [7, 11) is 0. The Morgan fingerprint density at radius 1 is 0.882 bits per heavy atom.